The van der Waals surface area contributed by atoms with Gasteiger partial charge < -0.3 is 10.1 Å². The zero-order valence-corrected chi connectivity index (χ0v) is 16.5. The van der Waals surface area contributed by atoms with Crippen LogP contribution in [0, 0.1) is 0 Å². The van der Waals surface area contributed by atoms with Gasteiger partial charge in [-0.15, -0.1) is 0 Å². The van der Waals surface area contributed by atoms with Crippen LogP contribution in [0.5, 0.6) is 5.75 Å². The fraction of sp³-hybridized carbons (Fsp3) is 0.0714. The Morgan fingerprint density at radius 1 is 0.767 bits per heavy atom. The Morgan fingerprint density at radius 2 is 1.60 bits per heavy atom. The average molecular weight is 387 g/mol. The standard InChI is InChI=1S/C28H21NO/c1-2-7-19(8-3-1)21-13-16-27-25(17-21)24-15-14-22(18-28(24)30-27)29-26-12-6-10-20-9-4-5-11-23(20)26/h1-18,25,27,29H. The molecule has 4 aromatic carbocycles. The highest BCUT2D eigenvalue weighted by Gasteiger charge is 2.33. The minimum atomic E-state index is 0.0697. The van der Waals surface area contributed by atoms with Crippen LogP contribution in [0.25, 0.3) is 16.3 Å². The van der Waals surface area contributed by atoms with Crippen molar-refractivity contribution in [2.24, 2.45) is 0 Å². The first kappa shape index (κ1) is 17.1. The van der Waals surface area contributed by atoms with Gasteiger partial charge in [-0.2, -0.15) is 0 Å². The van der Waals surface area contributed by atoms with E-state index >= 15 is 0 Å². The van der Waals surface area contributed by atoms with Gasteiger partial charge in [-0.3, -0.25) is 0 Å². The number of nitrogens with one attached hydrogen (secondary N) is 1. The van der Waals surface area contributed by atoms with E-state index in [1.807, 2.05) is 0 Å². The van der Waals surface area contributed by atoms with Crippen LogP contribution in [-0.2, 0) is 0 Å². The largest absolute Gasteiger partial charge is 0.485 e. The van der Waals surface area contributed by atoms with E-state index in [4.69, 9.17) is 4.74 Å². The number of rotatable bonds is 3. The van der Waals surface area contributed by atoms with Gasteiger partial charge in [0.15, 0.2) is 0 Å². The summed E-state index contributed by atoms with van der Waals surface area (Å²) in [7, 11) is 0. The third kappa shape index (κ3) is 2.89. The molecule has 2 aliphatic rings. The molecule has 2 atom stereocenters. The molecule has 0 aromatic heterocycles. The Morgan fingerprint density at radius 3 is 2.53 bits per heavy atom. The summed E-state index contributed by atoms with van der Waals surface area (Å²) in [6.07, 6.45) is 6.77. The van der Waals surface area contributed by atoms with E-state index in [0.29, 0.717) is 0 Å². The number of fused-ring (bicyclic) bond motifs is 4. The molecule has 2 nitrogen and oxygen atoms in total. The minimum Gasteiger partial charge on any atom is -0.485 e. The van der Waals surface area contributed by atoms with Gasteiger partial charge >= 0.3 is 0 Å². The van der Waals surface area contributed by atoms with Crippen LogP contribution in [0.1, 0.15) is 17.0 Å². The number of benzene rings is 4. The maximum Gasteiger partial charge on any atom is 0.128 e. The molecule has 0 radical (unpaired) electrons. The maximum absolute atomic E-state index is 6.29. The van der Waals surface area contributed by atoms with Crippen LogP contribution in [0.2, 0.25) is 0 Å². The molecular weight excluding hydrogens is 366 g/mol. The second-order valence-corrected chi connectivity index (χ2v) is 7.86. The van der Waals surface area contributed by atoms with Crippen molar-refractivity contribution in [2.45, 2.75) is 12.0 Å². The Bertz CT molecular complexity index is 1300. The monoisotopic (exact) mass is 387 g/mol. The molecule has 0 amide bonds. The van der Waals surface area contributed by atoms with Crippen molar-refractivity contribution in [2.75, 3.05) is 5.32 Å². The van der Waals surface area contributed by atoms with Gasteiger partial charge in [-0.25, -0.2) is 0 Å². The molecule has 2 heteroatoms. The molecule has 1 heterocycles. The van der Waals surface area contributed by atoms with E-state index in [0.717, 1.165) is 17.1 Å². The van der Waals surface area contributed by atoms with Gasteiger partial charge in [0.25, 0.3) is 0 Å². The highest BCUT2D eigenvalue weighted by Crippen LogP contribution is 2.45. The summed E-state index contributed by atoms with van der Waals surface area (Å²) in [6.45, 7) is 0. The number of anilines is 2. The van der Waals surface area contributed by atoms with Crippen LogP contribution in [0.15, 0.2) is 109 Å². The molecular formula is C28H21NO. The molecule has 1 aliphatic carbocycles. The Hall–Kier alpha value is -3.78. The summed E-state index contributed by atoms with van der Waals surface area (Å²) in [5.74, 6) is 1.22. The van der Waals surface area contributed by atoms with Crippen LogP contribution in [0.3, 0.4) is 0 Å². The summed E-state index contributed by atoms with van der Waals surface area (Å²) < 4.78 is 6.29. The first-order valence-corrected chi connectivity index (χ1v) is 10.4. The molecule has 144 valence electrons. The SMILES string of the molecule is C1=CC2Oc3cc(Nc4cccc5ccccc45)ccc3C2C=C1c1ccccc1. The first-order valence-electron chi connectivity index (χ1n) is 10.4. The van der Waals surface area contributed by atoms with Crippen molar-refractivity contribution in [3.05, 3.63) is 120 Å². The Kier molecular flexibility index (Phi) is 3.95. The Labute approximate surface area is 176 Å². The van der Waals surface area contributed by atoms with Gasteiger partial charge in [-0.1, -0.05) is 84.9 Å². The van der Waals surface area contributed by atoms with Crippen molar-refractivity contribution in [1.82, 2.24) is 0 Å². The average Bonchev–Trinajstić information content (AvgIpc) is 3.17. The van der Waals surface area contributed by atoms with Crippen molar-refractivity contribution < 1.29 is 4.74 Å². The van der Waals surface area contributed by atoms with E-state index in [2.05, 4.69) is 115 Å². The lowest BCUT2D eigenvalue weighted by Gasteiger charge is -2.18. The molecule has 0 saturated heterocycles. The van der Waals surface area contributed by atoms with E-state index in [1.165, 1.54) is 27.5 Å². The fourth-order valence-electron chi connectivity index (χ4n) is 4.49. The summed E-state index contributed by atoms with van der Waals surface area (Å²) in [5.41, 5.74) is 5.90. The predicted molar refractivity (Wildman–Crippen MR) is 124 cm³/mol. The summed E-state index contributed by atoms with van der Waals surface area (Å²) in [6, 6.07) is 31.8. The van der Waals surface area contributed by atoms with E-state index in [-0.39, 0.29) is 12.0 Å². The van der Waals surface area contributed by atoms with E-state index in [9.17, 15) is 0 Å². The molecule has 0 spiro atoms. The molecule has 30 heavy (non-hydrogen) atoms. The van der Waals surface area contributed by atoms with E-state index < -0.39 is 0 Å². The second-order valence-electron chi connectivity index (χ2n) is 7.86. The van der Waals surface area contributed by atoms with E-state index in [1.54, 1.807) is 0 Å². The summed E-state index contributed by atoms with van der Waals surface area (Å²) in [5, 5.41) is 6.03. The first-order chi connectivity index (χ1) is 14.8. The van der Waals surface area contributed by atoms with Crippen LogP contribution < -0.4 is 10.1 Å². The lowest BCUT2D eigenvalue weighted by Crippen LogP contribution is -2.16. The van der Waals surface area contributed by atoms with Gasteiger partial charge in [-0.05, 0) is 34.7 Å². The molecule has 1 aliphatic heterocycles. The van der Waals surface area contributed by atoms with Crippen LogP contribution >= 0.6 is 0 Å². The van der Waals surface area contributed by atoms with Gasteiger partial charge in [0.05, 0.1) is 0 Å². The van der Waals surface area contributed by atoms with Crippen LogP contribution in [0.4, 0.5) is 11.4 Å². The predicted octanol–water partition coefficient (Wildman–Crippen LogP) is 7.08. The maximum atomic E-state index is 6.29. The lowest BCUT2D eigenvalue weighted by atomic mass is 9.87. The van der Waals surface area contributed by atoms with Gasteiger partial charge in [0, 0.05) is 34.3 Å². The highest BCUT2D eigenvalue weighted by atomic mass is 16.5. The molecule has 0 fully saturated rings. The number of hydrogen-bond donors (Lipinski definition) is 1. The minimum absolute atomic E-state index is 0.0697. The number of allylic oxidation sites excluding steroid dienone is 2. The molecule has 1 N–H and O–H groups in total. The van der Waals surface area contributed by atoms with Gasteiger partial charge in [0.1, 0.15) is 11.9 Å². The number of ether oxygens (including phenoxy) is 1. The summed E-state index contributed by atoms with van der Waals surface area (Å²) in [4.78, 5) is 0. The lowest BCUT2D eigenvalue weighted by molar-refractivity contribution is 0.269. The van der Waals surface area contributed by atoms with Crippen molar-refractivity contribution in [1.29, 1.82) is 0 Å². The normalized spacial score (nSPS) is 19.0. The molecule has 0 bridgehead atoms. The molecule has 2 unspecified atom stereocenters. The topological polar surface area (TPSA) is 21.3 Å². The second kappa shape index (κ2) is 6.93. The number of hydrogen-bond acceptors (Lipinski definition) is 2. The van der Waals surface area contributed by atoms with Crippen molar-refractivity contribution in [3.63, 3.8) is 0 Å². The smallest absolute Gasteiger partial charge is 0.128 e. The quantitative estimate of drug-likeness (QED) is 0.405. The molecule has 6 rings (SSSR count). The molecule has 4 aromatic rings. The summed E-state index contributed by atoms with van der Waals surface area (Å²) >= 11 is 0. The molecule has 0 saturated carbocycles. The third-order valence-electron chi connectivity index (χ3n) is 5.99. The van der Waals surface area contributed by atoms with Crippen molar-refractivity contribution in [3.8, 4) is 5.75 Å². The van der Waals surface area contributed by atoms with Gasteiger partial charge in [0.2, 0.25) is 0 Å². The Balaban J connectivity index is 1.32. The van der Waals surface area contributed by atoms with Crippen LogP contribution in [-0.4, -0.2) is 6.10 Å². The zero-order valence-electron chi connectivity index (χ0n) is 16.5. The zero-order chi connectivity index (χ0) is 19.9. The fourth-order valence-corrected chi connectivity index (χ4v) is 4.49. The van der Waals surface area contributed by atoms with Crippen molar-refractivity contribution >= 4 is 27.7 Å². The highest BCUT2D eigenvalue weighted by molar-refractivity contribution is 5.95. The third-order valence-corrected chi connectivity index (χ3v) is 5.99.